The standard InChI is InChI=1S/C33H49NO3/c1-24(2)11-7-12-25(3)13-8-14-26(4)15-9-18-33(6)19-17-28-22-30(21-27(5)31(28)37-33)36-32(35)29-16-10-20-34-23-29/h10,16,20-26H,7-9,11-15,17-19H2,1-6H3. The number of esters is 1. The van der Waals surface area contributed by atoms with Gasteiger partial charge in [-0.2, -0.15) is 0 Å². The second-order valence-electron chi connectivity index (χ2n) is 12.3. The Morgan fingerprint density at radius 1 is 1.03 bits per heavy atom. The van der Waals surface area contributed by atoms with E-state index in [1.807, 2.05) is 19.1 Å². The van der Waals surface area contributed by atoms with Crippen LogP contribution in [0.3, 0.4) is 0 Å². The molecule has 2 heterocycles. The van der Waals surface area contributed by atoms with Crippen LogP contribution in [0.5, 0.6) is 11.5 Å². The van der Waals surface area contributed by atoms with E-state index in [0.717, 1.165) is 53.9 Å². The van der Waals surface area contributed by atoms with Crippen molar-refractivity contribution in [1.29, 1.82) is 0 Å². The van der Waals surface area contributed by atoms with E-state index >= 15 is 0 Å². The van der Waals surface area contributed by atoms with Crippen molar-refractivity contribution in [2.75, 3.05) is 0 Å². The molecule has 0 saturated heterocycles. The molecule has 0 N–H and O–H groups in total. The van der Waals surface area contributed by atoms with Crippen molar-refractivity contribution in [3.63, 3.8) is 0 Å². The van der Waals surface area contributed by atoms with Crippen LogP contribution in [-0.2, 0) is 6.42 Å². The highest BCUT2D eigenvalue weighted by Crippen LogP contribution is 2.40. The quantitative estimate of drug-likeness (QED) is 0.189. The maximum atomic E-state index is 12.4. The van der Waals surface area contributed by atoms with Crippen molar-refractivity contribution >= 4 is 5.97 Å². The molecule has 4 heteroatoms. The van der Waals surface area contributed by atoms with Crippen molar-refractivity contribution in [3.8, 4) is 11.5 Å². The van der Waals surface area contributed by atoms with Gasteiger partial charge in [0.25, 0.3) is 0 Å². The summed E-state index contributed by atoms with van der Waals surface area (Å²) in [6.45, 7) is 13.8. The fourth-order valence-electron chi connectivity index (χ4n) is 5.53. The van der Waals surface area contributed by atoms with Crippen LogP contribution in [0.4, 0.5) is 0 Å². The van der Waals surface area contributed by atoms with E-state index in [1.54, 1.807) is 18.3 Å². The van der Waals surface area contributed by atoms with Gasteiger partial charge in [-0.3, -0.25) is 4.98 Å². The highest BCUT2D eigenvalue weighted by atomic mass is 16.5. The Bertz CT molecular complexity index is 987. The van der Waals surface area contributed by atoms with Gasteiger partial charge < -0.3 is 9.47 Å². The van der Waals surface area contributed by atoms with E-state index in [1.165, 1.54) is 57.6 Å². The van der Waals surface area contributed by atoms with Gasteiger partial charge in [-0.15, -0.1) is 0 Å². The number of aromatic nitrogens is 1. The number of benzene rings is 1. The van der Waals surface area contributed by atoms with Crippen LogP contribution < -0.4 is 9.47 Å². The van der Waals surface area contributed by atoms with E-state index in [2.05, 4.69) is 39.6 Å². The number of pyridine rings is 1. The van der Waals surface area contributed by atoms with E-state index in [0.29, 0.717) is 11.3 Å². The van der Waals surface area contributed by atoms with Gasteiger partial charge in [-0.1, -0.05) is 72.6 Å². The molecule has 3 atom stereocenters. The molecule has 3 rings (SSSR count). The number of carbonyl (C=O) groups excluding carboxylic acids is 1. The number of fused-ring (bicyclic) bond motifs is 1. The van der Waals surface area contributed by atoms with Crippen LogP contribution in [-0.4, -0.2) is 16.6 Å². The first-order chi connectivity index (χ1) is 17.6. The average molecular weight is 508 g/mol. The normalized spacial score (nSPS) is 18.7. The molecule has 0 amide bonds. The third-order valence-electron chi connectivity index (χ3n) is 7.98. The molecule has 1 aromatic heterocycles. The zero-order valence-corrected chi connectivity index (χ0v) is 24.1. The molecule has 37 heavy (non-hydrogen) atoms. The topological polar surface area (TPSA) is 48.4 Å². The minimum absolute atomic E-state index is 0.129. The summed E-state index contributed by atoms with van der Waals surface area (Å²) in [7, 11) is 0. The Balaban J connectivity index is 1.42. The van der Waals surface area contributed by atoms with Gasteiger partial charge in [0, 0.05) is 12.4 Å². The summed E-state index contributed by atoms with van der Waals surface area (Å²) in [5.41, 5.74) is 2.47. The molecule has 0 aliphatic carbocycles. The number of rotatable bonds is 14. The lowest BCUT2D eigenvalue weighted by Crippen LogP contribution is -2.36. The summed E-state index contributed by atoms with van der Waals surface area (Å²) >= 11 is 0. The van der Waals surface area contributed by atoms with Crippen LogP contribution in [0.2, 0.25) is 0 Å². The number of aryl methyl sites for hydroxylation is 2. The van der Waals surface area contributed by atoms with Crippen LogP contribution in [0, 0.1) is 24.7 Å². The average Bonchev–Trinajstić information content (AvgIpc) is 2.85. The molecule has 0 bridgehead atoms. The molecule has 1 aromatic carbocycles. The highest BCUT2D eigenvalue weighted by Gasteiger charge is 2.32. The maximum Gasteiger partial charge on any atom is 0.345 e. The molecule has 4 nitrogen and oxygen atoms in total. The van der Waals surface area contributed by atoms with Crippen molar-refractivity contribution in [1.82, 2.24) is 4.98 Å². The minimum Gasteiger partial charge on any atom is -0.487 e. The Morgan fingerprint density at radius 2 is 1.70 bits per heavy atom. The summed E-state index contributed by atoms with van der Waals surface area (Å²) < 4.78 is 12.2. The molecular formula is C33H49NO3. The molecule has 1 aliphatic heterocycles. The van der Waals surface area contributed by atoms with Crippen LogP contribution in [0.1, 0.15) is 120 Å². The van der Waals surface area contributed by atoms with Crippen molar-refractivity contribution in [2.45, 2.75) is 118 Å². The molecule has 0 spiro atoms. The summed E-state index contributed by atoms with van der Waals surface area (Å²) in [5.74, 6) is 3.63. The van der Waals surface area contributed by atoms with Crippen LogP contribution >= 0.6 is 0 Å². The zero-order valence-electron chi connectivity index (χ0n) is 24.1. The van der Waals surface area contributed by atoms with Gasteiger partial charge >= 0.3 is 5.97 Å². The molecular weight excluding hydrogens is 458 g/mol. The minimum atomic E-state index is -0.385. The largest absolute Gasteiger partial charge is 0.487 e. The first kappa shape index (κ1) is 29.2. The number of nitrogens with zero attached hydrogens (tertiary/aromatic N) is 1. The van der Waals surface area contributed by atoms with E-state index in [9.17, 15) is 4.79 Å². The molecule has 3 unspecified atom stereocenters. The molecule has 0 saturated carbocycles. The number of ether oxygens (including phenoxy) is 2. The second-order valence-corrected chi connectivity index (χ2v) is 12.3. The fourth-order valence-corrected chi connectivity index (χ4v) is 5.53. The maximum absolute atomic E-state index is 12.4. The highest BCUT2D eigenvalue weighted by molar-refractivity contribution is 5.90. The van der Waals surface area contributed by atoms with Crippen molar-refractivity contribution < 1.29 is 14.3 Å². The Morgan fingerprint density at radius 3 is 2.35 bits per heavy atom. The third kappa shape index (κ3) is 9.47. The molecule has 1 aliphatic rings. The lowest BCUT2D eigenvalue weighted by Gasteiger charge is -2.37. The van der Waals surface area contributed by atoms with Crippen molar-refractivity contribution in [3.05, 3.63) is 53.3 Å². The second kappa shape index (κ2) is 14.0. The first-order valence-electron chi connectivity index (χ1n) is 14.6. The molecule has 204 valence electrons. The van der Waals surface area contributed by atoms with Crippen LogP contribution in [0.25, 0.3) is 0 Å². The Hall–Kier alpha value is -2.36. The smallest absolute Gasteiger partial charge is 0.345 e. The predicted molar refractivity (Wildman–Crippen MR) is 152 cm³/mol. The van der Waals surface area contributed by atoms with E-state index < -0.39 is 0 Å². The summed E-state index contributed by atoms with van der Waals surface area (Å²) in [4.78, 5) is 16.4. The number of carbonyl (C=O) groups is 1. The van der Waals surface area contributed by atoms with E-state index in [4.69, 9.17) is 9.47 Å². The van der Waals surface area contributed by atoms with Gasteiger partial charge in [-0.05, 0) is 92.7 Å². The fraction of sp³-hybridized carbons (Fsp3) is 0.636. The zero-order chi connectivity index (χ0) is 26.8. The van der Waals surface area contributed by atoms with Gasteiger partial charge in [0.1, 0.15) is 17.1 Å². The summed E-state index contributed by atoms with van der Waals surface area (Å²) in [6.07, 6.45) is 16.9. The summed E-state index contributed by atoms with van der Waals surface area (Å²) in [6, 6.07) is 7.32. The van der Waals surface area contributed by atoms with Crippen LogP contribution in [0.15, 0.2) is 36.7 Å². The monoisotopic (exact) mass is 507 g/mol. The predicted octanol–water partition coefficient (Wildman–Crippen LogP) is 9.13. The molecule has 2 aromatic rings. The lowest BCUT2D eigenvalue weighted by molar-refractivity contribution is 0.0512. The SMILES string of the molecule is Cc1cc(OC(=O)c2cccnc2)cc2c1OC(C)(CCCC(C)CCCC(C)CCCC(C)C)CC2. The third-order valence-corrected chi connectivity index (χ3v) is 7.98. The summed E-state index contributed by atoms with van der Waals surface area (Å²) in [5, 5.41) is 0. The van der Waals surface area contributed by atoms with Crippen molar-refractivity contribution in [2.24, 2.45) is 17.8 Å². The lowest BCUT2D eigenvalue weighted by atomic mass is 9.85. The molecule has 0 fully saturated rings. The Kier molecular flexibility index (Phi) is 11.0. The van der Waals surface area contributed by atoms with E-state index in [-0.39, 0.29) is 11.6 Å². The van der Waals surface area contributed by atoms with Gasteiger partial charge in [0.15, 0.2) is 0 Å². The Labute approximate surface area is 225 Å². The first-order valence-corrected chi connectivity index (χ1v) is 14.6. The van der Waals surface area contributed by atoms with Gasteiger partial charge in [-0.25, -0.2) is 4.79 Å². The van der Waals surface area contributed by atoms with Gasteiger partial charge in [0.2, 0.25) is 0 Å². The number of hydrogen-bond acceptors (Lipinski definition) is 4. The number of hydrogen-bond donors (Lipinski definition) is 0. The van der Waals surface area contributed by atoms with Gasteiger partial charge in [0.05, 0.1) is 5.56 Å². The molecule has 0 radical (unpaired) electrons.